The Kier molecular flexibility index (Phi) is 60.6. The Morgan fingerprint density at radius 1 is 0.274 bits per heavy atom. The predicted octanol–water partition coefficient (Wildman–Crippen LogP) is 22.2. The van der Waals surface area contributed by atoms with Crippen LogP contribution >= 0.6 is 0 Å². The minimum atomic E-state index is -0.771. The van der Waals surface area contributed by atoms with E-state index in [1.165, 1.54) is 257 Å². The first-order valence-electron chi connectivity index (χ1n) is 32.8. The van der Waals surface area contributed by atoms with Crippen molar-refractivity contribution in [2.24, 2.45) is 0 Å². The van der Waals surface area contributed by atoms with Crippen molar-refractivity contribution in [2.45, 2.75) is 374 Å². The van der Waals surface area contributed by atoms with Crippen LogP contribution in [0.5, 0.6) is 0 Å². The lowest BCUT2D eigenvalue weighted by molar-refractivity contribution is -0.167. The van der Waals surface area contributed by atoms with Crippen LogP contribution in [0, 0.1) is 0 Å². The van der Waals surface area contributed by atoms with E-state index < -0.39 is 6.10 Å². The molecule has 0 rings (SSSR count). The summed E-state index contributed by atoms with van der Waals surface area (Å²) in [5, 5.41) is 0. The fourth-order valence-corrected chi connectivity index (χ4v) is 10.0. The van der Waals surface area contributed by atoms with Gasteiger partial charge in [0.25, 0.3) is 0 Å². The zero-order valence-electron chi connectivity index (χ0n) is 49.4. The number of carbonyl (C=O) groups excluding carboxylic acids is 3. The fraction of sp³-hybridized carbons (Fsp3) is 0.896. The molecule has 430 valence electrons. The summed E-state index contributed by atoms with van der Waals surface area (Å²) in [7, 11) is 0. The molecule has 0 spiro atoms. The Hall–Kier alpha value is -2.11. The molecule has 1 unspecified atom stereocenters. The molecule has 0 aliphatic rings. The van der Waals surface area contributed by atoms with Gasteiger partial charge in [0, 0.05) is 19.3 Å². The topological polar surface area (TPSA) is 78.9 Å². The van der Waals surface area contributed by atoms with Gasteiger partial charge in [0.2, 0.25) is 0 Å². The highest BCUT2D eigenvalue weighted by atomic mass is 16.6. The molecule has 73 heavy (non-hydrogen) atoms. The van der Waals surface area contributed by atoms with E-state index in [4.69, 9.17) is 14.2 Å². The second-order valence-electron chi connectivity index (χ2n) is 22.4. The molecule has 1 atom stereocenters. The maximum Gasteiger partial charge on any atom is 0.306 e. The molecule has 0 saturated carbocycles. The SMILES string of the molecule is CCCCC/C=C\C/C=C\CCCCCCCCCC(=O)OC(COC(=O)CCCCCCCCCCCCCC)COC(=O)CCCCCCCCCCCCCCCCCCCCCCCCCCCC. The second-order valence-corrected chi connectivity index (χ2v) is 22.4. The summed E-state index contributed by atoms with van der Waals surface area (Å²) >= 11 is 0. The van der Waals surface area contributed by atoms with E-state index in [0.29, 0.717) is 19.3 Å². The maximum absolute atomic E-state index is 12.9. The van der Waals surface area contributed by atoms with Gasteiger partial charge in [0.15, 0.2) is 6.10 Å². The van der Waals surface area contributed by atoms with Gasteiger partial charge in [-0.25, -0.2) is 0 Å². The van der Waals surface area contributed by atoms with E-state index in [1.807, 2.05) is 0 Å². The first-order chi connectivity index (χ1) is 36.0. The molecule has 0 aliphatic carbocycles. The van der Waals surface area contributed by atoms with Crippen LogP contribution in [0.25, 0.3) is 0 Å². The van der Waals surface area contributed by atoms with Gasteiger partial charge in [-0.15, -0.1) is 0 Å². The number of unbranched alkanes of at least 4 members (excludes halogenated alkanes) is 46. The molecule has 0 heterocycles. The van der Waals surface area contributed by atoms with Crippen LogP contribution in [0.2, 0.25) is 0 Å². The molecule has 0 N–H and O–H groups in total. The molecular formula is C67H126O6. The van der Waals surface area contributed by atoms with Crippen LogP contribution in [0.3, 0.4) is 0 Å². The number of hydrogen-bond donors (Lipinski definition) is 0. The minimum Gasteiger partial charge on any atom is -0.462 e. The van der Waals surface area contributed by atoms with Crippen molar-refractivity contribution < 1.29 is 28.6 Å². The van der Waals surface area contributed by atoms with Crippen molar-refractivity contribution in [3.63, 3.8) is 0 Å². The third-order valence-corrected chi connectivity index (χ3v) is 15.0. The number of esters is 3. The Morgan fingerprint density at radius 3 is 0.781 bits per heavy atom. The zero-order valence-corrected chi connectivity index (χ0v) is 49.4. The summed E-state index contributed by atoms with van der Waals surface area (Å²) in [5.74, 6) is -0.850. The Bertz CT molecular complexity index is 1180. The van der Waals surface area contributed by atoms with Gasteiger partial charge in [-0.3, -0.25) is 14.4 Å². The normalized spacial score (nSPS) is 12.1. The summed E-state index contributed by atoms with van der Waals surface area (Å²) < 4.78 is 16.9. The monoisotopic (exact) mass is 1030 g/mol. The van der Waals surface area contributed by atoms with E-state index in [0.717, 1.165) is 70.6 Å². The highest BCUT2D eigenvalue weighted by molar-refractivity contribution is 5.71. The van der Waals surface area contributed by atoms with Crippen molar-refractivity contribution in [1.82, 2.24) is 0 Å². The van der Waals surface area contributed by atoms with Gasteiger partial charge in [0.1, 0.15) is 13.2 Å². The molecule has 6 nitrogen and oxygen atoms in total. The molecule has 0 saturated heterocycles. The van der Waals surface area contributed by atoms with Crippen molar-refractivity contribution in [3.05, 3.63) is 24.3 Å². The summed E-state index contributed by atoms with van der Waals surface area (Å²) in [6.07, 6.45) is 74.8. The standard InChI is InChI=1S/C67H126O6/c1-4-7-10-13-16-19-22-25-27-29-30-31-32-33-34-35-36-37-39-40-42-45-48-51-54-57-60-66(69)72-63-64(62-71-65(68)59-56-53-50-47-44-24-21-18-15-12-9-6-3)73-67(70)61-58-55-52-49-46-43-41-38-28-26-23-20-17-14-11-8-5-2/h17,20,26,28,64H,4-16,18-19,21-25,27,29-63H2,1-3H3/b20-17-,28-26-. The third-order valence-electron chi connectivity index (χ3n) is 15.0. The average Bonchev–Trinajstić information content (AvgIpc) is 3.39. The van der Waals surface area contributed by atoms with E-state index in [1.54, 1.807) is 0 Å². The molecular weight excluding hydrogens is 901 g/mol. The van der Waals surface area contributed by atoms with E-state index in [2.05, 4.69) is 45.1 Å². The lowest BCUT2D eigenvalue weighted by atomic mass is 10.0. The van der Waals surface area contributed by atoms with E-state index in [-0.39, 0.29) is 31.1 Å². The summed E-state index contributed by atoms with van der Waals surface area (Å²) in [6, 6.07) is 0. The molecule has 0 aliphatic heterocycles. The van der Waals surface area contributed by atoms with Crippen molar-refractivity contribution in [2.75, 3.05) is 13.2 Å². The molecule has 0 amide bonds. The first-order valence-corrected chi connectivity index (χ1v) is 32.8. The van der Waals surface area contributed by atoms with Crippen LogP contribution in [0.4, 0.5) is 0 Å². The van der Waals surface area contributed by atoms with Crippen LogP contribution in [-0.4, -0.2) is 37.2 Å². The third kappa shape index (κ3) is 60.6. The van der Waals surface area contributed by atoms with Crippen molar-refractivity contribution in [1.29, 1.82) is 0 Å². The van der Waals surface area contributed by atoms with Gasteiger partial charge in [-0.2, -0.15) is 0 Å². The molecule has 6 heteroatoms. The lowest BCUT2D eigenvalue weighted by Gasteiger charge is -2.18. The Labute approximate surface area is 455 Å². The molecule has 0 fully saturated rings. The van der Waals surface area contributed by atoms with Crippen LogP contribution in [0.15, 0.2) is 24.3 Å². The van der Waals surface area contributed by atoms with Crippen molar-refractivity contribution >= 4 is 17.9 Å². The van der Waals surface area contributed by atoms with Crippen LogP contribution in [0.1, 0.15) is 367 Å². The van der Waals surface area contributed by atoms with Gasteiger partial charge in [-0.05, 0) is 51.4 Å². The highest BCUT2D eigenvalue weighted by Gasteiger charge is 2.19. The molecule has 0 bridgehead atoms. The Balaban J connectivity index is 4.19. The van der Waals surface area contributed by atoms with Gasteiger partial charge < -0.3 is 14.2 Å². The van der Waals surface area contributed by atoms with E-state index in [9.17, 15) is 14.4 Å². The smallest absolute Gasteiger partial charge is 0.306 e. The lowest BCUT2D eigenvalue weighted by Crippen LogP contribution is -2.30. The highest BCUT2D eigenvalue weighted by Crippen LogP contribution is 2.18. The largest absolute Gasteiger partial charge is 0.462 e. The molecule has 0 radical (unpaired) electrons. The summed E-state index contributed by atoms with van der Waals surface area (Å²) in [5.41, 5.74) is 0. The van der Waals surface area contributed by atoms with E-state index >= 15 is 0 Å². The van der Waals surface area contributed by atoms with Gasteiger partial charge in [-0.1, -0.05) is 321 Å². The molecule has 0 aromatic carbocycles. The molecule has 0 aromatic heterocycles. The van der Waals surface area contributed by atoms with Gasteiger partial charge >= 0.3 is 17.9 Å². The summed E-state index contributed by atoms with van der Waals surface area (Å²) in [6.45, 7) is 6.67. The number of carbonyl (C=O) groups is 3. The van der Waals surface area contributed by atoms with Gasteiger partial charge in [0.05, 0.1) is 0 Å². The molecule has 0 aromatic rings. The number of rotatable bonds is 61. The first kappa shape index (κ1) is 70.9. The second kappa shape index (κ2) is 62.4. The number of hydrogen-bond acceptors (Lipinski definition) is 6. The quantitative estimate of drug-likeness (QED) is 0.0261. The average molecular weight is 1030 g/mol. The number of ether oxygens (including phenoxy) is 3. The number of allylic oxidation sites excluding steroid dienone is 4. The van der Waals surface area contributed by atoms with Crippen LogP contribution in [-0.2, 0) is 28.6 Å². The maximum atomic E-state index is 12.9. The zero-order chi connectivity index (χ0) is 52.9. The minimum absolute atomic E-state index is 0.0686. The predicted molar refractivity (Wildman–Crippen MR) is 316 cm³/mol. The fourth-order valence-electron chi connectivity index (χ4n) is 10.0. The Morgan fingerprint density at radius 2 is 0.493 bits per heavy atom. The van der Waals surface area contributed by atoms with Crippen molar-refractivity contribution in [3.8, 4) is 0 Å². The summed E-state index contributed by atoms with van der Waals surface area (Å²) in [4.78, 5) is 38.3. The van der Waals surface area contributed by atoms with Crippen LogP contribution < -0.4 is 0 Å².